The fraction of sp³-hybridized carbons (Fsp3) is 0.636. The summed E-state index contributed by atoms with van der Waals surface area (Å²) in [5.74, 6) is 0.604. The first kappa shape index (κ1) is 17.7. The van der Waals surface area contributed by atoms with Crippen LogP contribution in [0, 0.1) is 5.41 Å². The molecule has 1 aromatic carbocycles. The van der Waals surface area contributed by atoms with Gasteiger partial charge in [0.1, 0.15) is 5.84 Å². The van der Waals surface area contributed by atoms with Crippen LogP contribution in [0.2, 0.25) is 0 Å². The number of fused-ring (bicyclic) bond motifs is 3. The van der Waals surface area contributed by atoms with Crippen LogP contribution in [-0.4, -0.2) is 24.8 Å². The molecule has 0 aromatic heterocycles. The largest absolute Gasteiger partial charge is 0.382 e. The van der Waals surface area contributed by atoms with Gasteiger partial charge in [-0.15, -0.1) is 0 Å². The molecule has 2 N–H and O–H groups in total. The van der Waals surface area contributed by atoms with Crippen molar-refractivity contribution in [1.82, 2.24) is 0 Å². The summed E-state index contributed by atoms with van der Waals surface area (Å²) in [5.41, 5.74) is 10.7. The third-order valence-electron chi connectivity index (χ3n) is 6.83. The molecule has 1 aromatic rings. The lowest BCUT2D eigenvalue weighted by molar-refractivity contribution is -0.000389. The fourth-order valence-corrected chi connectivity index (χ4v) is 5.14. The molecule has 140 valence electrons. The van der Waals surface area contributed by atoms with Crippen LogP contribution in [-0.2, 0) is 22.2 Å². The van der Waals surface area contributed by atoms with Crippen molar-refractivity contribution in [1.29, 1.82) is 0 Å². The van der Waals surface area contributed by atoms with E-state index >= 15 is 0 Å². The molecule has 1 unspecified atom stereocenters. The van der Waals surface area contributed by atoms with Crippen molar-refractivity contribution in [2.75, 3.05) is 7.11 Å². The van der Waals surface area contributed by atoms with Crippen LogP contribution in [0.4, 0.5) is 0 Å². The minimum atomic E-state index is -0.531. The molecule has 1 fully saturated rings. The summed E-state index contributed by atoms with van der Waals surface area (Å²) in [6.07, 6.45) is 5.71. The number of nitrogens with zero attached hydrogens (tertiary/aromatic N) is 2. The lowest BCUT2D eigenvalue weighted by Crippen LogP contribution is -2.43. The lowest BCUT2D eigenvalue weighted by Gasteiger charge is -2.44. The maximum Gasteiger partial charge on any atom is 0.184 e. The van der Waals surface area contributed by atoms with Gasteiger partial charge in [-0.3, -0.25) is 4.99 Å². The highest BCUT2D eigenvalue weighted by Gasteiger charge is 2.60. The number of rotatable bonds is 1. The van der Waals surface area contributed by atoms with E-state index in [0.717, 1.165) is 37.8 Å². The van der Waals surface area contributed by atoms with Crippen LogP contribution in [0.1, 0.15) is 70.1 Å². The van der Waals surface area contributed by atoms with Crippen LogP contribution in [0.25, 0.3) is 0 Å². The molecular formula is C22H31N3O. The zero-order valence-electron chi connectivity index (χ0n) is 16.7. The van der Waals surface area contributed by atoms with Crippen LogP contribution >= 0.6 is 0 Å². The van der Waals surface area contributed by atoms with Crippen LogP contribution in [0.5, 0.6) is 0 Å². The normalized spacial score (nSPS) is 33.5. The Morgan fingerprint density at radius 2 is 1.85 bits per heavy atom. The van der Waals surface area contributed by atoms with E-state index in [1.165, 1.54) is 16.7 Å². The lowest BCUT2D eigenvalue weighted by atomic mass is 9.65. The van der Waals surface area contributed by atoms with Gasteiger partial charge in [-0.2, -0.15) is 0 Å². The topological polar surface area (TPSA) is 60.0 Å². The molecule has 4 heteroatoms. The number of hydrogen-bond acceptors (Lipinski definition) is 4. The van der Waals surface area contributed by atoms with Crippen molar-refractivity contribution in [2.24, 2.45) is 21.1 Å². The van der Waals surface area contributed by atoms with Crippen LogP contribution in [0.3, 0.4) is 0 Å². The average Bonchev–Trinajstić information content (AvgIpc) is 3.03. The Morgan fingerprint density at radius 3 is 2.38 bits per heavy atom. The van der Waals surface area contributed by atoms with Gasteiger partial charge in [0.05, 0.1) is 11.8 Å². The van der Waals surface area contributed by atoms with Crippen molar-refractivity contribution < 1.29 is 4.74 Å². The number of ether oxygens (including phenoxy) is 1. The molecule has 0 radical (unpaired) electrons. The molecule has 4 nitrogen and oxygen atoms in total. The number of methoxy groups -OCH3 is 1. The SMILES string of the molecule is COC1CCC2(CC1)Cc1ccc(C(C)(C)C)cc1C21N=C(C)C(N)=N1. The number of nitrogens with two attached hydrogens (primary N) is 1. The van der Waals surface area contributed by atoms with Gasteiger partial charge in [-0.1, -0.05) is 39.0 Å². The molecule has 1 atom stereocenters. The first-order valence-electron chi connectivity index (χ1n) is 9.80. The summed E-state index contributed by atoms with van der Waals surface area (Å²) in [4.78, 5) is 10.2. The van der Waals surface area contributed by atoms with Gasteiger partial charge in [0.15, 0.2) is 5.66 Å². The molecular weight excluding hydrogens is 322 g/mol. The quantitative estimate of drug-likeness (QED) is 0.826. The van der Waals surface area contributed by atoms with E-state index in [1.54, 1.807) is 0 Å². The summed E-state index contributed by atoms with van der Waals surface area (Å²) < 4.78 is 5.63. The molecule has 4 rings (SSSR count). The maximum absolute atomic E-state index is 6.25. The summed E-state index contributed by atoms with van der Waals surface area (Å²) in [6.45, 7) is 8.78. The molecule has 2 aliphatic carbocycles. The van der Waals surface area contributed by atoms with Crippen LogP contribution in [0.15, 0.2) is 28.2 Å². The Morgan fingerprint density at radius 1 is 1.15 bits per heavy atom. The third kappa shape index (κ3) is 2.38. The molecule has 2 spiro atoms. The Labute approximate surface area is 156 Å². The zero-order valence-corrected chi connectivity index (χ0v) is 16.7. The van der Waals surface area contributed by atoms with Crippen molar-refractivity contribution in [3.05, 3.63) is 34.9 Å². The first-order valence-corrected chi connectivity index (χ1v) is 9.80. The second-order valence-electron chi connectivity index (χ2n) is 9.38. The van der Waals surface area contributed by atoms with Gasteiger partial charge < -0.3 is 10.5 Å². The van der Waals surface area contributed by atoms with Crippen LogP contribution < -0.4 is 5.73 Å². The summed E-state index contributed by atoms with van der Waals surface area (Å²) >= 11 is 0. The Balaban J connectivity index is 1.87. The molecule has 3 aliphatic rings. The van der Waals surface area contributed by atoms with E-state index in [4.69, 9.17) is 20.5 Å². The van der Waals surface area contributed by atoms with E-state index in [9.17, 15) is 0 Å². The molecule has 1 heterocycles. The van der Waals surface area contributed by atoms with Gasteiger partial charge in [0.25, 0.3) is 0 Å². The van der Waals surface area contributed by atoms with Gasteiger partial charge in [-0.25, -0.2) is 4.99 Å². The summed E-state index contributed by atoms with van der Waals surface area (Å²) in [7, 11) is 1.82. The van der Waals surface area contributed by atoms with E-state index in [2.05, 4.69) is 39.0 Å². The van der Waals surface area contributed by atoms with Crippen molar-refractivity contribution in [2.45, 2.75) is 77.0 Å². The fourth-order valence-electron chi connectivity index (χ4n) is 5.14. The monoisotopic (exact) mass is 353 g/mol. The van der Waals surface area contributed by atoms with Gasteiger partial charge in [0, 0.05) is 18.1 Å². The molecule has 0 saturated heterocycles. The van der Waals surface area contributed by atoms with E-state index < -0.39 is 5.66 Å². The minimum absolute atomic E-state index is 0.0310. The number of amidine groups is 1. The zero-order chi connectivity index (χ0) is 18.7. The van der Waals surface area contributed by atoms with E-state index in [-0.39, 0.29) is 10.8 Å². The van der Waals surface area contributed by atoms with Gasteiger partial charge >= 0.3 is 0 Å². The summed E-state index contributed by atoms with van der Waals surface area (Å²) in [5, 5.41) is 0. The molecule has 1 aliphatic heterocycles. The Hall–Kier alpha value is -1.68. The molecule has 0 amide bonds. The number of aliphatic imine (C=N–C) groups is 2. The highest BCUT2D eigenvalue weighted by atomic mass is 16.5. The predicted octanol–water partition coefficient (Wildman–Crippen LogP) is 4.10. The Bertz CT molecular complexity index is 774. The summed E-state index contributed by atoms with van der Waals surface area (Å²) in [6, 6.07) is 6.94. The first-order chi connectivity index (χ1) is 12.2. The highest BCUT2D eigenvalue weighted by Crippen LogP contribution is 2.62. The molecule has 1 saturated carbocycles. The van der Waals surface area contributed by atoms with Gasteiger partial charge in [-0.05, 0) is 55.6 Å². The van der Waals surface area contributed by atoms with Crippen molar-refractivity contribution >= 4 is 11.5 Å². The maximum atomic E-state index is 6.25. The van der Waals surface area contributed by atoms with Gasteiger partial charge in [0.2, 0.25) is 0 Å². The van der Waals surface area contributed by atoms with Crippen molar-refractivity contribution in [3.8, 4) is 0 Å². The third-order valence-corrected chi connectivity index (χ3v) is 6.83. The standard InChI is InChI=1S/C22H31N3O/c1-14-19(23)25-22(24-14)18-12-16(20(2,3)4)7-6-15(18)13-21(22)10-8-17(26-5)9-11-21/h6-7,12,17H,8-11,13H2,1-5H3,(H2,23,25). The second kappa shape index (κ2) is 5.66. The predicted molar refractivity (Wildman–Crippen MR) is 107 cm³/mol. The second-order valence-corrected chi connectivity index (χ2v) is 9.38. The van der Waals surface area contributed by atoms with E-state index in [0.29, 0.717) is 11.9 Å². The number of benzene rings is 1. The molecule has 0 bridgehead atoms. The smallest absolute Gasteiger partial charge is 0.184 e. The average molecular weight is 354 g/mol. The molecule has 26 heavy (non-hydrogen) atoms. The van der Waals surface area contributed by atoms with E-state index in [1.807, 2.05) is 14.0 Å². The Kier molecular flexibility index (Phi) is 3.85. The van der Waals surface area contributed by atoms with Crippen molar-refractivity contribution in [3.63, 3.8) is 0 Å². The minimum Gasteiger partial charge on any atom is -0.382 e. The number of hydrogen-bond donors (Lipinski definition) is 1. The highest BCUT2D eigenvalue weighted by molar-refractivity contribution is 6.41.